The Morgan fingerprint density at radius 3 is 1.63 bits per heavy atom. The third-order valence-electron chi connectivity index (χ3n) is 3.94. The Hall–Kier alpha value is -0.330. The van der Waals surface area contributed by atoms with Crippen molar-refractivity contribution in [2.45, 2.75) is 99.3 Å². The molecule has 116 valence electrons. The Morgan fingerprint density at radius 2 is 1.32 bits per heavy atom. The molecule has 1 N–H and O–H groups in total. The van der Waals surface area contributed by atoms with Gasteiger partial charge in [-0.25, -0.2) is 0 Å². The molecular weight excluding hydrogens is 230 g/mol. The van der Waals surface area contributed by atoms with Crippen LogP contribution in [0.2, 0.25) is 0 Å². The van der Waals surface area contributed by atoms with E-state index in [1.165, 1.54) is 44.9 Å². The van der Waals surface area contributed by atoms with Crippen LogP contribution in [0.4, 0.5) is 0 Å². The third kappa shape index (κ3) is 12.4. The summed E-state index contributed by atoms with van der Waals surface area (Å²) in [5, 5.41) is 8.09. The number of hydrogen-bond acceptors (Lipinski definition) is 1. The van der Waals surface area contributed by atoms with Crippen LogP contribution < -0.4 is 0 Å². The Balaban J connectivity index is 0. The summed E-state index contributed by atoms with van der Waals surface area (Å²) in [6.07, 6.45) is 11.5. The minimum Gasteiger partial charge on any atom is -0.309 e. The largest absolute Gasteiger partial charge is 0.309 e. The van der Waals surface area contributed by atoms with E-state index in [1.54, 1.807) is 0 Å². The zero-order chi connectivity index (χ0) is 15.1. The van der Waals surface area contributed by atoms with Crippen molar-refractivity contribution in [2.75, 3.05) is 0 Å². The van der Waals surface area contributed by atoms with Crippen LogP contribution in [0.1, 0.15) is 99.3 Å². The van der Waals surface area contributed by atoms with Gasteiger partial charge in [0.15, 0.2) is 0 Å². The standard InChI is InChI=1S/C13H27N.C5H12/c1-5-8-9-10-12(7-3)13(14)11(4)6-2;1-3-5-4-2/h11-12,14H,5-10H2,1-4H3;3-5H2,1-2H3. The van der Waals surface area contributed by atoms with Crippen LogP contribution in [0.15, 0.2) is 0 Å². The molecule has 2 unspecified atom stereocenters. The fourth-order valence-electron chi connectivity index (χ4n) is 2.20. The van der Waals surface area contributed by atoms with Gasteiger partial charge in [-0.1, -0.05) is 80.1 Å². The molecule has 0 spiro atoms. The maximum Gasteiger partial charge on any atom is 0.0148 e. The lowest BCUT2D eigenvalue weighted by molar-refractivity contribution is 0.523. The summed E-state index contributed by atoms with van der Waals surface area (Å²) in [6.45, 7) is 13.2. The molecule has 0 saturated carbocycles. The van der Waals surface area contributed by atoms with Gasteiger partial charge in [0.25, 0.3) is 0 Å². The highest BCUT2D eigenvalue weighted by Crippen LogP contribution is 2.20. The van der Waals surface area contributed by atoms with Crippen molar-refractivity contribution in [3.63, 3.8) is 0 Å². The summed E-state index contributed by atoms with van der Waals surface area (Å²) in [6, 6.07) is 0. The minimum absolute atomic E-state index is 0.488. The Kier molecular flexibility index (Phi) is 17.4. The molecule has 1 nitrogen and oxygen atoms in total. The van der Waals surface area contributed by atoms with Crippen molar-refractivity contribution in [3.05, 3.63) is 0 Å². The summed E-state index contributed by atoms with van der Waals surface area (Å²) < 4.78 is 0. The van der Waals surface area contributed by atoms with Crippen LogP contribution in [0.5, 0.6) is 0 Å². The first-order valence-corrected chi connectivity index (χ1v) is 8.66. The van der Waals surface area contributed by atoms with Gasteiger partial charge in [-0.15, -0.1) is 0 Å². The first kappa shape index (κ1) is 21.0. The van der Waals surface area contributed by atoms with E-state index in [1.807, 2.05) is 0 Å². The molecule has 19 heavy (non-hydrogen) atoms. The van der Waals surface area contributed by atoms with Crippen LogP contribution in [0.25, 0.3) is 0 Å². The van der Waals surface area contributed by atoms with Crippen molar-refractivity contribution >= 4 is 5.71 Å². The minimum atomic E-state index is 0.488. The van der Waals surface area contributed by atoms with Gasteiger partial charge in [0.05, 0.1) is 0 Å². The summed E-state index contributed by atoms with van der Waals surface area (Å²) in [7, 11) is 0. The van der Waals surface area contributed by atoms with Gasteiger partial charge in [0.2, 0.25) is 0 Å². The molecule has 0 aliphatic heterocycles. The Bertz CT molecular complexity index is 184. The van der Waals surface area contributed by atoms with Gasteiger partial charge in [-0.2, -0.15) is 0 Å². The first-order chi connectivity index (χ1) is 9.08. The maximum atomic E-state index is 8.09. The molecule has 0 aromatic heterocycles. The number of unbranched alkanes of at least 4 members (excludes halogenated alkanes) is 4. The highest BCUT2D eigenvalue weighted by atomic mass is 14.5. The highest BCUT2D eigenvalue weighted by molar-refractivity contribution is 5.85. The Labute approximate surface area is 123 Å². The zero-order valence-corrected chi connectivity index (χ0v) is 14.5. The zero-order valence-electron chi connectivity index (χ0n) is 14.5. The molecule has 0 amide bonds. The van der Waals surface area contributed by atoms with Crippen molar-refractivity contribution in [3.8, 4) is 0 Å². The topological polar surface area (TPSA) is 23.9 Å². The van der Waals surface area contributed by atoms with Crippen LogP contribution >= 0.6 is 0 Å². The third-order valence-corrected chi connectivity index (χ3v) is 3.94. The van der Waals surface area contributed by atoms with Gasteiger partial charge in [0.1, 0.15) is 0 Å². The van der Waals surface area contributed by atoms with E-state index in [0.717, 1.165) is 18.6 Å². The molecule has 0 saturated heterocycles. The van der Waals surface area contributed by atoms with E-state index < -0.39 is 0 Å². The molecule has 1 heteroatoms. The molecule has 0 aromatic rings. The van der Waals surface area contributed by atoms with Gasteiger partial charge < -0.3 is 5.41 Å². The van der Waals surface area contributed by atoms with Crippen molar-refractivity contribution in [1.29, 1.82) is 5.41 Å². The molecule has 0 fully saturated rings. The van der Waals surface area contributed by atoms with Crippen LogP contribution in [-0.2, 0) is 0 Å². The lowest BCUT2D eigenvalue weighted by atomic mass is 9.86. The second-order valence-electron chi connectivity index (χ2n) is 5.72. The van der Waals surface area contributed by atoms with Crippen molar-refractivity contribution in [1.82, 2.24) is 0 Å². The normalized spacial score (nSPS) is 13.4. The van der Waals surface area contributed by atoms with Crippen LogP contribution in [0.3, 0.4) is 0 Å². The maximum absolute atomic E-state index is 8.09. The molecule has 0 bridgehead atoms. The van der Waals surface area contributed by atoms with E-state index in [9.17, 15) is 0 Å². The molecule has 2 atom stereocenters. The molecular formula is C18H39N. The molecule has 0 aliphatic carbocycles. The lowest BCUT2D eigenvalue weighted by Gasteiger charge is -2.20. The summed E-state index contributed by atoms with van der Waals surface area (Å²) in [5.41, 5.74) is 0.992. The second-order valence-corrected chi connectivity index (χ2v) is 5.72. The van der Waals surface area contributed by atoms with Gasteiger partial charge >= 0.3 is 0 Å². The van der Waals surface area contributed by atoms with Crippen LogP contribution in [0, 0.1) is 17.2 Å². The second kappa shape index (κ2) is 15.7. The Morgan fingerprint density at radius 1 is 0.789 bits per heavy atom. The summed E-state index contributed by atoms with van der Waals surface area (Å²) in [4.78, 5) is 0. The SMILES string of the molecule is CCCCC.CCCCCC(CC)C(=N)C(C)CC. The van der Waals surface area contributed by atoms with E-state index in [-0.39, 0.29) is 0 Å². The van der Waals surface area contributed by atoms with E-state index in [4.69, 9.17) is 5.41 Å². The fraction of sp³-hybridized carbons (Fsp3) is 0.944. The van der Waals surface area contributed by atoms with Crippen molar-refractivity contribution < 1.29 is 0 Å². The average molecular weight is 270 g/mol. The van der Waals surface area contributed by atoms with E-state index >= 15 is 0 Å². The smallest absolute Gasteiger partial charge is 0.0148 e. The highest BCUT2D eigenvalue weighted by Gasteiger charge is 2.16. The average Bonchev–Trinajstić information content (AvgIpc) is 2.43. The first-order valence-electron chi connectivity index (χ1n) is 8.66. The van der Waals surface area contributed by atoms with Gasteiger partial charge in [-0.05, 0) is 31.1 Å². The van der Waals surface area contributed by atoms with Crippen molar-refractivity contribution in [2.24, 2.45) is 11.8 Å². The molecule has 0 aromatic carbocycles. The summed E-state index contributed by atoms with van der Waals surface area (Å²) >= 11 is 0. The molecule has 0 rings (SSSR count). The monoisotopic (exact) mass is 269 g/mol. The quantitative estimate of drug-likeness (QED) is 0.331. The van der Waals surface area contributed by atoms with Gasteiger partial charge in [0, 0.05) is 5.71 Å². The van der Waals surface area contributed by atoms with E-state index in [2.05, 4.69) is 41.5 Å². The molecule has 0 aliphatic rings. The molecule has 0 heterocycles. The number of hydrogen-bond donors (Lipinski definition) is 1. The number of nitrogens with one attached hydrogen (secondary N) is 1. The lowest BCUT2D eigenvalue weighted by Crippen LogP contribution is -2.20. The van der Waals surface area contributed by atoms with Gasteiger partial charge in [-0.3, -0.25) is 0 Å². The predicted molar refractivity (Wildman–Crippen MR) is 90.3 cm³/mol. The fourth-order valence-corrected chi connectivity index (χ4v) is 2.20. The van der Waals surface area contributed by atoms with E-state index in [0.29, 0.717) is 11.8 Å². The van der Waals surface area contributed by atoms with Crippen LogP contribution in [-0.4, -0.2) is 5.71 Å². The number of rotatable bonds is 10. The predicted octanol–water partition coefficient (Wildman–Crippen LogP) is 6.86. The summed E-state index contributed by atoms with van der Waals surface area (Å²) in [5.74, 6) is 1.04. The molecule has 0 radical (unpaired) electrons.